The van der Waals surface area contributed by atoms with Gasteiger partial charge in [-0.1, -0.05) is 11.6 Å². The van der Waals surface area contributed by atoms with Crippen LogP contribution in [0.1, 0.15) is 18.9 Å². The van der Waals surface area contributed by atoms with Gasteiger partial charge in [0.1, 0.15) is 0 Å². The van der Waals surface area contributed by atoms with Gasteiger partial charge in [-0.05, 0) is 49.1 Å². The topological polar surface area (TPSA) is 29.3 Å². The highest BCUT2D eigenvalue weighted by Gasteiger charge is 2.12. The van der Waals surface area contributed by atoms with Crippen molar-refractivity contribution < 1.29 is 0 Å². The highest BCUT2D eigenvalue weighted by molar-refractivity contribution is 7.98. The van der Waals surface area contributed by atoms with Crippen molar-refractivity contribution in [2.24, 2.45) is 5.73 Å². The number of thioether (sulfide) groups is 1. The minimum atomic E-state index is 0.508. The zero-order valence-corrected chi connectivity index (χ0v) is 12.3. The Bertz CT molecular complexity index is 357. The maximum absolute atomic E-state index is 5.99. The Balaban J connectivity index is 2.83. The molecular formula is C13H21ClN2S. The van der Waals surface area contributed by atoms with Crippen LogP contribution in [0, 0.1) is 0 Å². The summed E-state index contributed by atoms with van der Waals surface area (Å²) in [5.74, 6) is 1.18. The van der Waals surface area contributed by atoms with E-state index in [0.29, 0.717) is 12.6 Å². The number of hydrogen-bond donors (Lipinski definition) is 1. The predicted molar refractivity (Wildman–Crippen MR) is 80.2 cm³/mol. The molecule has 1 atom stereocenters. The second-order valence-electron chi connectivity index (χ2n) is 4.22. The van der Waals surface area contributed by atoms with E-state index < -0.39 is 0 Å². The molecule has 1 aromatic rings. The average molecular weight is 273 g/mol. The van der Waals surface area contributed by atoms with Crippen molar-refractivity contribution >= 4 is 29.1 Å². The van der Waals surface area contributed by atoms with Crippen molar-refractivity contribution in [2.45, 2.75) is 25.9 Å². The fraction of sp³-hybridized carbons (Fsp3) is 0.538. The van der Waals surface area contributed by atoms with E-state index in [1.807, 2.05) is 23.9 Å². The highest BCUT2D eigenvalue weighted by Crippen LogP contribution is 2.25. The zero-order chi connectivity index (χ0) is 12.8. The Morgan fingerprint density at radius 1 is 1.47 bits per heavy atom. The summed E-state index contributed by atoms with van der Waals surface area (Å²) >= 11 is 7.87. The summed E-state index contributed by atoms with van der Waals surface area (Å²) in [6.07, 6.45) is 3.31. The first kappa shape index (κ1) is 14.7. The molecule has 0 amide bonds. The lowest BCUT2D eigenvalue weighted by Gasteiger charge is -2.29. The maximum atomic E-state index is 5.99. The number of anilines is 1. The number of nitrogens with two attached hydrogens (primary N) is 1. The standard InChI is InChI=1S/C13H21ClN2S/c1-10(6-7-17-3)16(2)13-5-4-12(14)8-11(13)9-15/h4-5,8,10H,6-7,9,15H2,1-3H3. The summed E-state index contributed by atoms with van der Waals surface area (Å²) in [6, 6.07) is 6.44. The molecule has 0 spiro atoms. The van der Waals surface area contributed by atoms with E-state index >= 15 is 0 Å². The highest BCUT2D eigenvalue weighted by atomic mass is 35.5. The van der Waals surface area contributed by atoms with Crippen LogP contribution >= 0.6 is 23.4 Å². The second kappa shape index (κ2) is 7.14. The molecule has 0 fully saturated rings. The first-order valence-electron chi connectivity index (χ1n) is 5.80. The summed E-state index contributed by atoms with van der Waals surface area (Å²) in [6.45, 7) is 2.76. The molecule has 0 heterocycles. The van der Waals surface area contributed by atoms with Crippen molar-refractivity contribution in [3.05, 3.63) is 28.8 Å². The summed E-state index contributed by atoms with van der Waals surface area (Å²) in [7, 11) is 2.12. The third kappa shape index (κ3) is 4.09. The van der Waals surface area contributed by atoms with Crippen LogP contribution in [0.5, 0.6) is 0 Å². The Labute approximate surface area is 114 Å². The molecule has 1 aromatic carbocycles. The zero-order valence-electron chi connectivity index (χ0n) is 10.7. The fourth-order valence-electron chi connectivity index (χ4n) is 1.78. The van der Waals surface area contributed by atoms with Crippen molar-refractivity contribution in [1.82, 2.24) is 0 Å². The summed E-state index contributed by atoms with van der Waals surface area (Å²) in [5.41, 5.74) is 8.06. The monoisotopic (exact) mass is 272 g/mol. The molecule has 0 radical (unpaired) electrons. The Kier molecular flexibility index (Phi) is 6.17. The van der Waals surface area contributed by atoms with Crippen LogP contribution in [0.25, 0.3) is 0 Å². The Hall–Kier alpha value is -0.380. The molecule has 0 aliphatic heterocycles. The van der Waals surface area contributed by atoms with Crippen LogP contribution < -0.4 is 10.6 Å². The SMILES string of the molecule is CSCCC(C)N(C)c1ccc(Cl)cc1CN. The summed E-state index contributed by atoms with van der Waals surface area (Å²) < 4.78 is 0. The minimum Gasteiger partial charge on any atom is -0.372 e. The van der Waals surface area contributed by atoms with Gasteiger partial charge < -0.3 is 10.6 Å². The van der Waals surface area contributed by atoms with E-state index in [4.69, 9.17) is 17.3 Å². The number of halogens is 1. The van der Waals surface area contributed by atoms with E-state index in [0.717, 1.165) is 10.6 Å². The van der Waals surface area contributed by atoms with Gasteiger partial charge in [-0.3, -0.25) is 0 Å². The molecule has 96 valence electrons. The van der Waals surface area contributed by atoms with Gasteiger partial charge in [0.15, 0.2) is 0 Å². The molecule has 17 heavy (non-hydrogen) atoms. The molecule has 0 bridgehead atoms. The van der Waals surface area contributed by atoms with Gasteiger partial charge in [0, 0.05) is 30.3 Å². The van der Waals surface area contributed by atoms with Gasteiger partial charge in [0.2, 0.25) is 0 Å². The van der Waals surface area contributed by atoms with E-state index in [1.54, 1.807) is 0 Å². The quantitative estimate of drug-likeness (QED) is 0.861. The Morgan fingerprint density at radius 2 is 2.18 bits per heavy atom. The van der Waals surface area contributed by atoms with Crippen molar-refractivity contribution in [2.75, 3.05) is 24.0 Å². The molecule has 2 nitrogen and oxygen atoms in total. The molecule has 1 unspecified atom stereocenters. The summed E-state index contributed by atoms with van der Waals surface area (Å²) in [4.78, 5) is 2.29. The van der Waals surface area contributed by atoms with Crippen LogP contribution in [-0.2, 0) is 6.54 Å². The van der Waals surface area contributed by atoms with Gasteiger partial charge in [0.25, 0.3) is 0 Å². The van der Waals surface area contributed by atoms with E-state index in [9.17, 15) is 0 Å². The van der Waals surface area contributed by atoms with Crippen LogP contribution in [0.3, 0.4) is 0 Å². The lowest BCUT2D eigenvalue weighted by molar-refractivity contribution is 0.666. The van der Waals surface area contributed by atoms with Crippen molar-refractivity contribution in [1.29, 1.82) is 0 Å². The number of nitrogens with zero attached hydrogens (tertiary/aromatic N) is 1. The van der Waals surface area contributed by atoms with Gasteiger partial charge in [-0.25, -0.2) is 0 Å². The fourth-order valence-corrected chi connectivity index (χ4v) is 2.55. The van der Waals surface area contributed by atoms with Crippen LogP contribution in [0.15, 0.2) is 18.2 Å². The minimum absolute atomic E-state index is 0.508. The van der Waals surface area contributed by atoms with Crippen LogP contribution in [-0.4, -0.2) is 25.1 Å². The third-order valence-electron chi connectivity index (χ3n) is 3.04. The summed E-state index contributed by atoms with van der Waals surface area (Å²) in [5, 5.41) is 0.749. The first-order chi connectivity index (χ1) is 8.10. The molecular weight excluding hydrogens is 252 g/mol. The molecule has 0 saturated carbocycles. The molecule has 0 aliphatic rings. The van der Waals surface area contributed by atoms with Gasteiger partial charge in [-0.15, -0.1) is 0 Å². The largest absolute Gasteiger partial charge is 0.372 e. The van der Waals surface area contributed by atoms with E-state index in [2.05, 4.69) is 31.2 Å². The molecule has 0 aliphatic carbocycles. The molecule has 0 saturated heterocycles. The number of benzene rings is 1. The number of rotatable bonds is 6. The molecule has 0 aromatic heterocycles. The predicted octanol–water partition coefficient (Wildman–Crippen LogP) is 3.38. The van der Waals surface area contributed by atoms with Gasteiger partial charge >= 0.3 is 0 Å². The van der Waals surface area contributed by atoms with E-state index in [1.165, 1.54) is 17.9 Å². The smallest absolute Gasteiger partial charge is 0.0412 e. The Morgan fingerprint density at radius 3 is 2.76 bits per heavy atom. The van der Waals surface area contributed by atoms with Crippen molar-refractivity contribution in [3.63, 3.8) is 0 Å². The number of hydrogen-bond acceptors (Lipinski definition) is 3. The lowest BCUT2D eigenvalue weighted by atomic mass is 10.1. The van der Waals surface area contributed by atoms with Crippen LogP contribution in [0.4, 0.5) is 5.69 Å². The van der Waals surface area contributed by atoms with Gasteiger partial charge in [0.05, 0.1) is 0 Å². The maximum Gasteiger partial charge on any atom is 0.0412 e. The normalized spacial score (nSPS) is 12.5. The van der Waals surface area contributed by atoms with E-state index in [-0.39, 0.29) is 0 Å². The lowest BCUT2D eigenvalue weighted by Crippen LogP contribution is -2.30. The second-order valence-corrected chi connectivity index (χ2v) is 5.64. The van der Waals surface area contributed by atoms with Gasteiger partial charge in [-0.2, -0.15) is 11.8 Å². The average Bonchev–Trinajstić information content (AvgIpc) is 2.34. The molecule has 1 rings (SSSR count). The van der Waals surface area contributed by atoms with Crippen LogP contribution in [0.2, 0.25) is 5.02 Å². The molecule has 2 N–H and O–H groups in total. The van der Waals surface area contributed by atoms with Crippen molar-refractivity contribution in [3.8, 4) is 0 Å². The first-order valence-corrected chi connectivity index (χ1v) is 7.57. The molecule has 4 heteroatoms. The third-order valence-corrected chi connectivity index (χ3v) is 3.92.